The minimum Gasteiger partial charge on any atom is -0.341 e. The van der Waals surface area contributed by atoms with Gasteiger partial charge in [0.1, 0.15) is 6.04 Å². The summed E-state index contributed by atoms with van der Waals surface area (Å²) in [5.74, 6) is -1.11. The van der Waals surface area contributed by atoms with Crippen molar-refractivity contribution in [3.05, 3.63) is 22.4 Å². The fourth-order valence-corrected chi connectivity index (χ4v) is 2.64. The summed E-state index contributed by atoms with van der Waals surface area (Å²) < 4.78 is 37.1. The van der Waals surface area contributed by atoms with E-state index in [4.69, 9.17) is 0 Å². The minimum atomic E-state index is -4.32. The topological polar surface area (TPSA) is 49.4 Å². The Bertz CT molecular complexity index is 515. The average molecular weight is 350 g/mol. The van der Waals surface area contributed by atoms with Gasteiger partial charge in [-0.15, -0.1) is 11.3 Å². The van der Waals surface area contributed by atoms with Crippen molar-refractivity contribution in [1.82, 2.24) is 10.2 Å². The maximum atomic E-state index is 12.5. The molecule has 1 aromatic rings. The summed E-state index contributed by atoms with van der Waals surface area (Å²) in [7, 11) is 0. The molecule has 1 rings (SSSR count). The van der Waals surface area contributed by atoms with Gasteiger partial charge < -0.3 is 10.2 Å². The van der Waals surface area contributed by atoms with Crippen LogP contribution in [0.4, 0.5) is 13.2 Å². The third-order valence-corrected chi connectivity index (χ3v) is 4.19. The molecule has 1 N–H and O–H groups in total. The number of alkyl halides is 3. The fraction of sp³-hybridized carbons (Fsp3) is 0.600. The molecule has 1 heterocycles. The van der Waals surface area contributed by atoms with Gasteiger partial charge in [-0.1, -0.05) is 19.9 Å². The first-order valence-corrected chi connectivity index (χ1v) is 8.23. The van der Waals surface area contributed by atoms with E-state index in [2.05, 4.69) is 5.32 Å². The van der Waals surface area contributed by atoms with Gasteiger partial charge in [-0.05, 0) is 24.3 Å². The predicted octanol–water partition coefficient (Wildman–Crippen LogP) is 3.30. The molecule has 1 unspecified atom stereocenters. The first kappa shape index (κ1) is 19.5. The third kappa shape index (κ3) is 6.21. The minimum absolute atomic E-state index is 0.160. The number of amides is 2. The standard InChI is InChI=1S/C15H21F3N2O2S/c1-4-20(8-7-15(16,17)18)14(22)12(10(2)3)19-13(21)11-6-5-9-23-11/h5-6,9-10,12H,4,7-8H2,1-3H3,(H,19,21). The lowest BCUT2D eigenvalue weighted by molar-refractivity contribution is -0.146. The Balaban J connectivity index is 2.78. The summed E-state index contributed by atoms with van der Waals surface area (Å²) in [6, 6.07) is 2.49. The Morgan fingerprint density at radius 2 is 2.00 bits per heavy atom. The van der Waals surface area contributed by atoms with Crippen molar-refractivity contribution < 1.29 is 22.8 Å². The molecule has 0 fully saturated rings. The van der Waals surface area contributed by atoms with Gasteiger partial charge in [0.2, 0.25) is 5.91 Å². The van der Waals surface area contributed by atoms with Crippen LogP contribution in [0.25, 0.3) is 0 Å². The van der Waals surface area contributed by atoms with Crippen LogP contribution in [-0.2, 0) is 4.79 Å². The van der Waals surface area contributed by atoms with Crippen LogP contribution in [0.5, 0.6) is 0 Å². The molecule has 0 aliphatic heterocycles. The average Bonchev–Trinajstić information content (AvgIpc) is 2.97. The second-order valence-electron chi connectivity index (χ2n) is 5.46. The van der Waals surface area contributed by atoms with Gasteiger partial charge in [0.05, 0.1) is 11.3 Å². The molecule has 0 aliphatic carbocycles. The largest absolute Gasteiger partial charge is 0.390 e. The number of rotatable bonds is 7. The molecule has 4 nitrogen and oxygen atoms in total. The van der Waals surface area contributed by atoms with E-state index in [9.17, 15) is 22.8 Å². The second kappa shape index (κ2) is 8.33. The number of likely N-dealkylation sites (N-methyl/N-ethyl adjacent to an activating group) is 1. The fourth-order valence-electron chi connectivity index (χ4n) is 2.02. The highest BCUT2D eigenvalue weighted by atomic mass is 32.1. The van der Waals surface area contributed by atoms with E-state index in [1.807, 2.05) is 0 Å². The van der Waals surface area contributed by atoms with E-state index in [0.717, 1.165) is 4.90 Å². The SMILES string of the molecule is CCN(CCC(F)(F)F)C(=O)C(NC(=O)c1cccs1)C(C)C. The molecule has 0 saturated carbocycles. The zero-order valence-electron chi connectivity index (χ0n) is 13.3. The van der Waals surface area contributed by atoms with Gasteiger partial charge in [-0.25, -0.2) is 0 Å². The number of carbonyl (C=O) groups excluding carboxylic acids is 2. The van der Waals surface area contributed by atoms with Crippen molar-refractivity contribution >= 4 is 23.2 Å². The molecule has 0 spiro atoms. The number of nitrogens with zero attached hydrogens (tertiary/aromatic N) is 1. The molecular formula is C15H21F3N2O2S. The van der Waals surface area contributed by atoms with Crippen LogP contribution in [0, 0.1) is 5.92 Å². The van der Waals surface area contributed by atoms with Crippen LogP contribution in [0.2, 0.25) is 0 Å². The molecular weight excluding hydrogens is 329 g/mol. The normalized spacial score (nSPS) is 13.0. The van der Waals surface area contributed by atoms with E-state index in [1.165, 1.54) is 11.3 Å². The summed E-state index contributed by atoms with van der Waals surface area (Å²) in [6.07, 6.45) is -5.38. The highest BCUT2D eigenvalue weighted by molar-refractivity contribution is 7.12. The van der Waals surface area contributed by atoms with Crippen LogP contribution in [-0.4, -0.2) is 42.0 Å². The summed E-state index contributed by atoms with van der Waals surface area (Å²) in [5, 5.41) is 4.37. The van der Waals surface area contributed by atoms with Gasteiger partial charge >= 0.3 is 6.18 Å². The van der Waals surface area contributed by atoms with Crippen LogP contribution in [0.1, 0.15) is 36.9 Å². The molecule has 0 bridgehead atoms. The molecule has 1 aromatic heterocycles. The highest BCUT2D eigenvalue weighted by Crippen LogP contribution is 2.20. The molecule has 0 aromatic carbocycles. The van der Waals surface area contributed by atoms with Crippen LogP contribution in [0.3, 0.4) is 0 Å². The van der Waals surface area contributed by atoms with Gasteiger partial charge in [-0.2, -0.15) is 13.2 Å². The maximum absolute atomic E-state index is 12.5. The first-order chi connectivity index (χ1) is 10.7. The molecule has 0 radical (unpaired) electrons. The number of hydrogen-bond donors (Lipinski definition) is 1. The summed E-state index contributed by atoms with van der Waals surface area (Å²) in [6.45, 7) is 4.86. The van der Waals surface area contributed by atoms with E-state index in [1.54, 1.807) is 38.3 Å². The molecule has 8 heteroatoms. The second-order valence-corrected chi connectivity index (χ2v) is 6.40. The lowest BCUT2D eigenvalue weighted by atomic mass is 10.0. The van der Waals surface area contributed by atoms with Gasteiger partial charge in [0, 0.05) is 13.1 Å². The molecule has 1 atom stereocenters. The van der Waals surface area contributed by atoms with Gasteiger partial charge in [0.15, 0.2) is 0 Å². The maximum Gasteiger partial charge on any atom is 0.390 e. The van der Waals surface area contributed by atoms with Crippen molar-refractivity contribution in [2.45, 2.75) is 39.4 Å². The Morgan fingerprint density at radius 3 is 2.43 bits per heavy atom. The molecule has 23 heavy (non-hydrogen) atoms. The highest BCUT2D eigenvalue weighted by Gasteiger charge is 2.32. The van der Waals surface area contributed by atoms with Gasteiger partial charge in [0.25, 0.3) is 5.91 Å². The van der Waals surface area contributed by atoms with E-state index in [-0.39, 0.29) is 18.4 Å². The Morgan fingerprint density at radius 1 is 1.35 bits per heavy atom. The molecule has 2 amide bonds. The number of nitrogens with one attached hydrogen (secondary N) is 1. The Labute approximate surface area is 137 Å². The Kier molecular flexibility index (Phi) is 7.05. The smallest absolute Gasteiger partial charge is 0.341 e. The van der Waals surface area contributed by atoms with Crippen molar-refractivity contribution in [1.29, 1.82) is 0 Å². The zero-order valence-corrected chi connectivity index (χ0v) is 14.1. The molecule has 0 saturated heterocycles. The lowest BCUT2D eigenvalue weighted by Crippen LogP contribution is -2.51. The zero-order chi connectivity index (χ0) is 17.6. The number of hydrogen-bond acceptors (Lipinski definition) is 3. The molecule has 0 aliphatic rings. The molecule has 130 valence electrons. The van der Waals surface area contributed by atoms with Crippen molar-refractivity contribution in [3.63, 3.8) is 0 Å². The summed E-state index contributed by atoms with van der Waals surface area (Å²) in [5.41, 5.74) is 0. The first-order valence-electron chi connectivity index (χ1n) is 7.35. The van der Waals surface area contributed by atoms with Crippen LogP contribution < -0.4 is 5.32 Å². The van der Waals surface area contributed by atoms with Gasteiger partial charge in [-0.3, -0.25) is 9.59 Å². The van der Waals surface area contributed by atoms with Crippen LogP contribution >= 0.6 is 11.3 Å². The summed E-state index contributed by atoms with van der Waals surface area (Å²) >= 11 is 1.24. The van der Waals surface area contributed by atoms with Crippen LogP contribution in [0.15, 0.2) is 17.5 Å². The van der Waals surface area contributed by atoms with Crippen molar-refractivity contribution in [2.24, 2.45) is 5.92 Å². The predicted molar refractivity (Wildman–Crippen MR) is 83.3 cm³/mol. The monoisotopic (exact) mass is 350 g/mol. The van der Waals surface area contributed by atoms with Crippen molar-refractivity contribution in [2.75, 3.05) is 13.1 Å². The third-order valence-electron chi connectivity index (χ3n) is 3.32. The number of carbonyl (C=O) groups is 2. The quantitative estimate of drug-likeness (QED) is 0.820. The summed E-state index contributed by atoms with van der Waals surface area (Å²) in [4.78, 5) is 26.2. The van der Waals surface area contributed by atoms with E-state index >= 15 is 0 Å². The van der Waals surface area contributed by atoms with Crippen molar-refractivity contribution in [3.8, 4) is 0 Å². The number of halogens is 3. The lowest BCUT2D eigenvalue weighted by Gasteiger charge is -2.29. The van der Waals surface area contributed by atoms with E-state index < -0.39 is 31.1 Å². The number of thiophene rings is 1. The Hall–Kier alpha value is -1.57. The van der Waals surface area contributed by atoms with E-state index in [0.29, 0.717) is 4.88 Å².